The van der Waals surface area contributed by atoms with Gasteiger partial charge in [0.1, 0.15) is 0 Å². The Kier molecular flexibility index (Phi) is 5.39. The van der Waals surface area contributed by atoms with Crippen molar-refractivity contribution in [1.29, 1.82) is 0 Å². The number of halogens is 1. The number of rotatable bonds is 1. The number of benzene rings is 1. The van der Waals surface area contributed by atoms with Crippen molar-refractivity contribution < 1.29 is 7.24 Å². The molecule has 1 aromatic rings. The fraction of sp³-hybridized carbons (Fsp3) is 0.333. The smallest absolute Gasteiger partial charge is 0.0785 e. The maximum Gasteiger partial charge on any atom is 0.0785 e. The highest BCUT2D eigenvalue weighted by atomic mass is 19.1. The molecule has 66 valence electrons. The first-order valence-corrected chi connectivity index (χ1v) is 3.49. The van der Waals surface area contributed by atoms with Crippen LogP contribution < -0.4 is 5.73 Å². The van der Waals surface area contributed by atoms with Crippen LogP contribution in [0.25, 0.3) is 0 Å². The van der Waals surface area contributed by atoms with E-state index in [0.29, 0.717) is 7.18 Å². The third kappa shape index (κ3) is 3.73. The fourth-order valence-electron chi connectivity index (χ4n) is 0.757. The highest BCUT2D eigenvalue weighted by molar-refractivity contribution is 5.17. The van der Waals surface area contributed by atoms with Crippen molar-refractivity contribution in [3.63, 3.8) is 0 Å². The van der Waals surface area contributed by atoms with Crippen LogP contribution in [0.3, 0.4) is 0 Å². The largest absolute Gasteiger partial charge is 0.324 e. The summed E-state index contributed by atoms with van der Waals surface area (Å²) in [5, 5.41) is 0. The summed E-state index contributed by atoms with van der Waals surface area (Å²) in [6.45, 7) is 1.98. The molecule has 1 rings (SSSR count). The molecule has 1 unspecified atom stereocenters. The van der Waals surface area contributed by atoms with Crippen LogP contribution in [0, 0.1) is 0 Å². The molecule has 0 aromatic heterocycles. The van der Waals surface area contributed by atoms with Gasteiger partial charge in [-0.3, -0.25) is 4.39 Å². The van der Waals surface area contributed by atoms with Crippen LogP contribution in [0.5, 0.6) is 0 Å². The average Bonchev–Trinajstić information content (AvgIpc) is 2.10. The molecule has 0 saturated heterocycles. The number of nitrogens with two attached hydrogens (primary N) is 1. The van der Waals surface area contributed by atoms with E-state index >= 15 is 0 Å². The van der Waals surface area contributed by atoms with Crippen molar-refractivity contribution in [2.45, 2.75) is 13.0 Å². The minimum absolute atomic E-state index is 0. The Bertz CT molecular complexity index is 180. The Labute approximate surface area is 70.0 Å². The molecule has 0 spiro atoms. The summed E-state index contributed by atoms with van der Waals surface area (Å²) in [7, 11) is 0.500. The van der Waals surface area contributed by atoms with Gasteiger partial charge in [-0.15, -0.1) is 0 Å². The summed E-state index contributed by atoms with van der Waals surface area (Å²) in [6, 6.07) is 10.2. The summed E-state index contributed by atoms with van der Waals surface area (Å²) < 4.78 is 9.50. The van der Waals surface area contributed by atoms with Crippen molar-refractivity contribution in [2.75, 3.05) is 7.18 Å². The van der Waals surface area contributed by atoms with E-state index in [1.807, 2.05) is 37.3 Å². The zero-order valence-electron chi connectivity index (χ0n) is 6.92. The van der Waals surface area contributed by atoms with Crippen molar-refractivity contribution in [2.24, 2.45) is 5.73 Å². The molecular weight excluding hydrogens is 141 g/mol. The molecule has 0 radical (unpaired) electrons. The first-order chi connectivity index (χ1) is 5.30. The molecule has 0 saturated carbocycles. The molecule has 1 atom stereocenters. The second-order valence-electron chi connectivity index (χ2n) is 2.20. The van der Waals surface area contributed by atoms with E-state index in [0.717, 1.165) is 0 Å². The molecule has 0 heterocycles. The van der Waals surface area contributed by atoms with E-state index in [1.165, 1.54) is 5.56 Å². The highest BCUT2D eigenvalue weighted by Gasteiger charge is 1.93. The summed E-state index contributed by atoms with van der Waals surface area (Å²) in [6.07, 6.45) is 0. The van der Waals surface area contributed by atoms with Gasteiger partial charge in [0, 0.05) is 8.90 Å². The molecule has 0 bridgehead atoms. The predicted octanol–water partition coefficient (Wildman–Crippen LogP) is 2.78. The summed E-state index contributed by atoms with van der Waals surface area (Å²) in [5.74, 6) is 0. The van der Waals surface area contributed by atoms with Gasteiger partial charge in [0.05, 0.1) is 7.18 Å². The van der Waals surface area contributed by atoms with Crippen molar-refractivity contribution in [1.82, 2.24) is 0 Å². The molecule has 2 heteroatoms. The van der Waals surface area contributed by atoms with E-state index < -0.39 is 0 Å². The van der Waals surface area contributed by atoms with Gasteiger partial charge in [0.15, 0.2) is 0 Å². The first kappa shape index (κ1) is 10.1. The van der Waals surface area contributed by atoms with Gasteiger partial charge in [-0.1, -0.05) is 30.3 Å². The lowest BCUT2D eigenvalue weighted by Crippen LogP contribution is -2.03. The van der Waals surface area contributed by atoms with Crippen LogP contribution >= 0.6 is 0 Å². The monoisotopic (exact) mass is 159 g/mol. The number of hydrogen-bond donors (Lipinski definition) is 1. The maximum absolute atomic E-state index is 9.50. The van der Waals surface area contributed by atoms with Gasteiger partial charge in [0.25, 0.3) is 0 Å². The maximum atomic E-state index is 9.50. The molecule has 11 heavy (non-hydrogen) atoms. The highest BCUT2D eigenvalue weighted by Crippen LogP contribution is 2.06. The van der Waals surface area contributed by atoms with Crippen LogP contribution in [0.4, 0.5) is 4.39 Å². The van der Waals surface area contributed by atoms with Crippen molar-refractivity contribution in [3.05, 3.63) is 35.9 Å². The summed E-state index contributed by atoms with van der Waals surface area (Å²) in [5.41, 5.74) is 6.81. The molecule has 0 aliphatic rings. The molecule has 0 amide bonds. The van der Waals surface area contributed by atoms with Crippen molar-refractivity contribution >= 4 is 0 Å². The normalized spacial score (nSPS) is 11.3. The Balaban J connectivity index is -0.000000234. The SMILES string of the molecule is CC(N)c1ccccc1.CF.[HH].[HH]. The third-order valence-electron chi connectivity index (χ3n) is 1.33. The van der Waals surface area contributed by atoms with E-state index in [1.54, 1.807) is 0 Å². The zero-order chi connectivity index (χ0) is 8.69. The summed E-state index contributed by atoms with van der Waals surface area (Å²) >= 11 is 0. The van der Waals surface area contributed by atoms with Gasteiger partial charge >= 0.3 is 0 Å². The topological polar surface area (TPSA) is 26.0 Å². The minimum atomic E-state index is 0. The van der Waals surface area contributed by atoms with E-state index in [4.69, 9.17) is 5.73 Å². The number of hydrogen-bond acceptors (Lipinski definition) is 1. The Morgan fingerprint density at radius 2 is 1.73 bits per heavy atom. The van der Waals surface area contributed by atoms with Gasteiger partial charge in [-0.05, 0) is 12.5 Å². The Morgan fingerprint density at radius 3 is 2.00 bits per heavy atom. The average molecular weight is 159 g/mol. The second-order valence-corrected chi connectivity index (χ2v) is 2.20. The summed E-state index contributed by atoms with van der Waals surface area (Å²) in [4.78, 5) is 0. The lowest BCUT2D eigenvalue weighted by Gasteiger charge is -2.02. The Morgan fingerprint density at radius 1 is 1.27 bits per heavy atom. The molecular formula is C9H18FN. The van der Waals surface area contributed by atoms with E-state index in [9.17, 15) is 4.39 Å². The van der Waals surface area contributed by atoms with Gasteiger partial charge in [0.2, 0.25) is 0 Å². The number of alkyl halides is 1. The lowest BCUT2D eigenvalue weighted by molar-refractivity contribution is 0.636. The second kappa shape index (κ2) is 5.86. The predicted molar refractivity (Wildman–Crippen MR) is 50.3 cm³/mol. The van der Waals surface area contributed by atoms with Crippen LogP contribution in [0.1, 0.15) is 21.4 Å². The van der Waals surface area contributed by atoms with Gasteiger partial charge in [-0.25, -0.2) is 0 Å². The van der Waals surface area contributed by atoms with E-state index in [-0.39, 0.29) is 8.90 Å². The van der Waals surface area contributed by atoms with Crippen LogP contribution in [0.15, 0.2) is 30.3 Å². The molecule has 0 aliphatic heterocycles. The zero-order valence-corrected chi connectivity index (χ0v) is 6.92. The molecule has 2 N–H and O–H groups in total. The minimum Gasteiger partial charge on any atom is -0.324 e. The lowest BCUT2D eigenvalue weighted by atomic mass is 10.1. The third-order valence-corrected chi connectivity index (χ3v) is 1.33. The van der Waals surface area contributed by atoms with Crippen molar-refractivity contribution in [3.8, 4) is 0 Å². The Hall–Kier alpha value is -0.890. The van der Waals surface area contributed by atoms with Crippen LogP contribution in [0.2, 0.25) is 0 Å². The van der Waals surface area contributed by atoms with Gasteiger partial charge in [-0.2, -0.15) is 0 Å². The first-order valence-electron chi connectivity index (χ1n) is 3.49. The molecule has 0 fully saturated rings. The fourth-order valence-corrected chi connectivity index (χ4v) is 0.757. The molecule has 1 aromatic carbocycles. The molecule has 1 nitrogen and oxygen atoms in total. The van der Waals surface area contributed by atoms with Gasteiger partial charge < -0.3 is 5.73 Å². The van der Waals surface area contributed by atoms with Crippen LogP contribution in [-0.4, -0.2) is 7.18 Å². The quantitative estimate of drug-likeness (QED) is 0.670. The van der Waals surface area contributed by atoms with Crippen LogP contribution in [-0.2, 0) is 0 Å². The standard InChI is InChI=1S/C8H11N.CH3F.2H2/c1-7(9)8-5-3-2-4-6-8;1-2;;/h2-7H,9H2,1H3;1H3;2*1H. The van der Waals surface area contributed by atoms with E-state index in [2.05, 4.69) is 0 Å². The molecule has 0 aliphatic carbocycles.